The van der Waals surface area contributed by atoms with E-state index in [0.29, 0.717) is 6.54 Å². The minimum atomic E-state index is 0.0536. The fourth-order valence-electron chi connectivity index (χ4n) is 2.79. The molecule has 1 amide bonds. The van der Waals surface area contributed by atoms with Crippen molar-refractivity contribution in [1.29, 1.82) is 0 Å². The van der Waals surface area contributed by atoms with Crippen molar-refractivity contribution < 1.29 is 4.79 Å². The first-order valence-corrected chi connectivity index (χ1v) is 8.12. The molecule has 0 bridgehead atoms. The van der Waals surface area contributed by atoms with Gasteiger partial charge in [-0.3, -0.25) is 4.79 Å². The van der Waals surface area contributed by atoms with Crippen LogP contribution < -0.4 is 5.32 Å². The van der Waals surface area contributed by atoms with Crippen molar-refractivity contribution >= 4 is 16.8 Å². The summed E-state index contributed by atoms with van der Waals surface area (Å²) in [5.74, 6) is 0.0536. The first-order chi connectivity index (χ1) is 11.2. The minimum absolute atomic E-state index is 0.0536. The average molecular weight is 306 g/mol. The Morgan fingerprint density at radius 1 is 1.09 bits per heavy atom. The van der Waals surface area contributed by atoms with Gasteiger partial charge >= 0.3 is 0 Å². The Bertz CT molecular complexity index is 805. The molecular weight excluding hydrogens is 284 g/mol. The SMILES string of the molecule is CCC(C)NC(=O)Cn1c(-c2ccccc2)cc2ccccc21. The highest BCUT2D eigenvalue weighted by Gasteiger charge is 2.14. The Morgan fingerprint density at radius 3 is 2.52 bits per heavy atom. The third kappa shape index (κ3) is 3.29. The van der Waals surface area contributed by atoms with Crippen LogP contribution in [0.15, 0.2) is 60.7 Å². The monoisotopic (exact) mass is 306 g/mol. The van der Waals surface area contributed by atoms with Gasteiger partial charge in [-0.05, 0) is 31.0 Å². The van der Waals surface area contributed by atoms with Gasteiger partial charge in [0.05, 0.1) is 0 Å². The molecule has 1 N–H and O–H groups in total. The van der Waals surface area contributed by atoms with E-state index in [1.807, 2.05) is 37.3 Å². The molecule has 3 rings (SSSR count). The predicted molar refractivity (Wildman–Crippen MR) is 95.3 cm³/mol. The largest absolute Gasteiger partial charge is 0.352 e. The highest BCUT2D eigenvalue weighted by Crippen LogP contribution is 2.28. The van der Waals surface area contributed by atoms with E-state index in [4.69, 9.17) is 0 Å². The molecule has 0 aliphatic rings. The van der Waals surface area contributed by atoms with Crippen LogP contribution in [0.2, 0.25) is 0 Å². The van der Waals surface area contributed by atoms with Gasteiger partial charge in [-0.15, -0.1) is 0 Å². The molecule has 1 heterocycles. The minimum Gasteiger partial charge on any atom is -0.352 e. The van der Waals surface area contributed by atoms with Gasteiger partial charge in [-0.25, -0.2) is 0 Å². The van der Waals surface area contributed by atoms with E-state index >= 15 is 0 Å². The number of amides is 1. The normalized spacial score (nSPS) is 12.3. The predicted octanol–water partition coefficient (Wildman–Crippen LogP) is 4.22. The molecule has 0 spiro atoms. The van der Waals surface area contributed by atoms with Crippen molar-refractivity contribution in [2.24, 2.45) is 0 Å². The Morgan fingerprint density at radius 2 is 1.78 bits per heavy atom. The Balaban J connectivity index is 2.02. The standard InChI is InChI=1S/C20H22N2O/c1-3-15(2)21-20(23)14-22-18-12-8-7-11-17(18)13-19(22)16-9-5-4-6-10-16/h4-13,15H,3,14H2,1-2H3,(H,21,23). The smallest absolute Gasteiger partial charge is 0.240 e. The number of hydrogen-bond donors (Lipinski definition) is 1. The third-order valence-electron chi connectivity index (χ3n) is 4.20. The van der Waals surface area contributed by atoms with Crippen molar-refractivity contribution in [3.63, 3.8) is 0 Å². The average Bonchev–Trinajstić information content (AvgIpc) is 2.94. The van der Waals surface area contributed by atoms with Crippen LogP contribution in [0.25, 0.3) is 22.2 Å². The van der Waals surface area contributed by atoms with E-state index < -0.39 is 0 Å². The van der Waals surface area contributed by atoms with E-state index in [9.17, 15) is 4.79 Å². The Labute approximate surface area is 136 Å². The molecular formula is C20H22N2O. The Kier molecular flexibility index (Phi) is 4.47. The quantitative estimate of drug-likeness (QED) is 0.752. The molecule has 3 aromatic rings. The topological polar surface area (TPSA) is 34.0 Å². The summed E-state index contributed by atoms with van der Waals surface area (Å²) in [5.41, 5.74) is 3.29. The van der Waals surface area contributed by atoms with E-state index in [0.717, 1.165) is 28.6 Å². The van der Waals surface area contributed by atoms with E-state index in [2.05, 4.69) is 47.1 Å². The zero-order valence-corrected chi connectivity index (χ0v) is 13.6. The Hall–Kier alpha value is -2.55. The lowest BCUT2D eigenvalue weighted by Gasteiger charge is -2.14. The number of para-hydroxylation sites is 1. The highest BCUT2D eigenvalue weighted by atomic mass is 16.2. The van der Waals surface area contributed by atoms with Crippen LogP contribution in [-0.4, -0.2) is 16.5 Å². The lowest BCUT2D eigenvalue weighted by Crippen LogP contribution is -2.34. The van der Waals surface area contributed by atoms with Crippen molar-refractivity contribution in [3.05, 3.63) is 60.7 Å². The summed E-state index contributed by atoms with van der Waals surface area (Å²) in [6.45, 7) is 4.44. The molecule has 1 unspecified atom stereocenters. The van der Waals surface area contributed by atoms with Gasteiger partial charge in [0, 0.05) is 22.6 Å². The molecule has 3 nitrogen and oxygen atoms in total. The third-order valence-corrected chi connectivity index (χ3v) is 4.20. The number of aromatic nitrogens is 1. The molecule has 0 saturated heterocycles. The van der Waals surface area contributed by atoms with E-state index in [1.165, 1.54) is 0 Å². The zero-order chi connectivity index (χ0) is 16.2. The van der Waals surface area contributed by atoms with Gasteiger partial charge in [0.1, 0.15) is 6.54 Å². The number of carbonyl (C=O) groups is 1. The van der Waals surface area contributed by atoms with Crippen LogP contribution in [0.5, 0.6) is 0 Å². The fraction of sp³-hybridized carbons (Fsp3) is 0.250. The zero-order valence-electron chi connectivity index (χ0n) is 13.6. The van der Waals surface area contributed by atoms with Crippen molar-refractivity contribution in [1.82, 2.24) is 9.88 Å². The number of benzene rings is 2. The number of nitrogens with zero attached hydrogens (tertiary/aromatic N) is 1. The van der Waals surface area contributed by atoms with E-state index in [-0.39, 0.29) is 11.9 Å². The molecule has 2 aromatic carbocycles. The maximum absolute atomic E-state index is 12.4. The van der Waals surface area contributed by atoms with Gasteiger partial charge in [0.25, 0.3) is 0 Å². The van der Waals surface area contributed by atoms with Crippen LogP contribution >= 0.6 is 0 Å². The first-order valence-electron chi connectivity index (χ1n) is 8.12. The number of hydrogen-bond acceptors (Lipinski definition) is 1. The van der Waals surface area contributed by atoms with Crippen LogP contribution in [0.1, 0.15) is 20.3 Å². The summed E-state index contributed by atoms with van der Waals surface area (Å²) < 4.78 is 2.10. The number of carbonyl (C=O) groups excluding carboxylic acids is 1. The fourth-order valence-corrected chi connectivity index (χ4v) is 2.79. The second-order valence-electron chi connectivity index (χ2n) is 5.92. The van der Waals surface area contributed by atoms with E-state index in [1.54, 1.807) is 0 Å². The summed E-state index contributed by atoms with van der Waals surface area (Å²) in [6, 6.07) is 20.8. The molecule has 0 aliphatic carbocycles. The molecule has 0 saturated carbocycles. The van der Waals surface area contributed by atoms with Crippen LogP contribution in [-0.2, 0) is 11.3 Å². The molecule has 1 atom stereocenters. The second kappa shape index (κ2) is 6.69. The summed E-state index contributed by atoms with van der Waals surface area (Å²) >= 11 is 0. The number of fused-ring (bicyclic) bond motifs is 1. The van der Waals surface area contributed by atoms with Crippen molar-refractivity contribution in [2.75, 3.05) is 0 Å². The molecule has 1 aromatic heterocycles. The highest BCUT2D eigenvalue weighted by molar-refractivity contribution is 5.89. The van der Waals surface area contributed by atoms with Gasteiger partial charge in [-0.1, -0.05) is 55.5 Å². The molecule has 0 fully saturated rings. The molecule has 3 heteroatoms. The van der Waals surface area contributed by atoms with Crippen molar-refractivity contribution in [3.8, 4) is 11.3 Å². The van der Waals surface area contributed by atoms with Crippen molar-refractivity contribution in [2.45, 2.75) is 32.9 Å². The van der Waals surface area contributed by atoms with Crippen LogP contribution in [0.3, 0.4) is 0 Å². The summed E-state index contributed by atoms with van der Waals surface area (Å²) in [5, 5.41) is 4.21. The van der Waals surface area contributed by atoms with Gasteiger partial charge in [0.15, 0.2) is 0 Å². The van der Waals surface area contributed by atoms with Gasteiger partial charge in [-0.2, -0.15) is 0 Å². The van der Waals surface area contributed by atoms with Crippen LogP contribution in [0.4, 0.5) is 0 Å². The van der Waals surface area contributed by atoms with Crippen LogP contribution in [0, 0.1) is 0 Å². The summed E-state index contributed by atoms with van der Waals surface area (Å²) in [4.78, 5) is 12.4. The van der Waals surface area contributed by atoms with Gasteiger partial charge < -0.3 is 9.88 Å². The molecule has 23 heavy (non-hydrogen) atoms. The first kappa shape index (κ1) is 15.3. The molecule has 118 valence electrons. The van der Waals surface area contributed by atoms with Gasteiger partial charge in [0.2, 0.25) is 5.91 Å². The lowest BCUT2D eigenvalue weighted by atomic mass is 10.1. The number of nitrogens with one attached hydrogen (secondary N) is 1. The maximum Gasteiger partial charge on any atom is 0.240 e. The maximum atomic E-state index is 12.4. The molecule has 0 aliphatic heterocycles. The second-order valence-corrected chi connectivity index (χ2v) is 5.92. The molecule has 0 radical (unpaired) electrons. The number of rotatable bonds is 5. The summed E-state index contributed by atoms with van der Waals surface area (Å²) in [6.07, 6.45) is 0.934. The summed E-state index contributed by atoms with van der Waals surface area (Å²) in [7, 11) is 0. The lowest BCUT2D eigenvalue weighted by molar-refractivity contribution is -0.122.